The van der Waals surface area contributed by atoms with Gasteiger partial charge in [0.1, 0.15) is 0 Å². The van der Waals surface area contributed by atoms with Crippen LogP contribution in [-0.2, 0) is 0 Å². The van der Waals surface area contributed by atoms with Gasteiger partial charge in [-0.25, -0.2) is 4.98 Å². The molecule has 3 nitrogen and oxygen atoms in total. The molecule has 0 atom stereocenters. The van der Waals surface area contributed by atoms with Gasteiger partial charge in [-0.15, -0.1) is 0 Å². The van der Waals surface area contributed by atoms with E-state index in [1.807, 2.05) is 0 Å². The lowest BCUT2D eigenvalue weighted by atomic mass is 10.3. The highest BCUT2D eigenvalue weighted by Gasteiger charge is 2.24. The minimum Gasteiger partial charge on any atom is -0.342 e. The van der Waals surface area contributed by atoms with Crippen molar-refractivity contribution in [3.8, 4) is 0 Å². The molecule has 0 saturated carbocycles. The first-order valence-electron chi connectivity index (χ1n) is 4.61. The SMILES string of the molecule is C=C1SC(=C)N(CCC)c2nc[nH]c21. The summed E-state index contributed by atoms with van der Waals surface area (Å²) < 4.78 is 0. The Morgan fingerprint density at radius 1 is 1.57 bits per heavy atom. The summed E-state index contributed by atoms with van der Waals surface area (Å²) in [4.78, 5) is 10.5. The first-order valence-corrected chi connectivity index (χ1v) is 5.42. The number of fused-ring (bicyclic) bond motifs is 1. The van der Waals surface area contributed by atoms with E-state index in [0.29, 0.717) is 0 Å². The van der Waals surface area contributed by atoms with E-state index in [-0.39, 0.29) is 0 Å². The Morgan fingerprint density at radius 2 is 2.36 bits per heavy atom. The number of hydrogen-bond acceptors (Lipinski definition) is 3. The molecular formula is C10H13N3S. The molecule has 0 spiro atoms. The highest BCUT2D eigenvalue weighted by Crippen LogP contribution is 2.43. The van der Waals surface area contributed by atoms with Crippen molar-refractivity contribution in [3.63, 3.8) is 0 Å². The molecule has 2 heterocycles. The lowest BCUT2D eigenvalue weighted by Crippen LogP contribution is -2.24. The molecule has 0 radical (unpaired) electrons. The van der Waals surface area contributed by atoms with Crippen LogP contribution in [0.25, 0.3) is 4.91 Å². The Labute approximate surface area is 87.9 Å². The van der Waals surface area contributed by atoms with Crippen LogP contribution in [0, 0.1) is 0 Å². The molecule has 4 heteroatoms. The largest absolute Gasteiger partial charge is 0.342 e. The highest BCUT2D eigenvalue weighted by atomic mass is 32.2. The Kier molecular flexibility index (Phi) is 2.37. The summed E-state index contributed by atoms with van der Waals surface area (Å²) in [5.74, 6) is 0.959. The number of nitrogens with one attached hydrogen (secondary N) is 1. The van der Waals surface area contributed by atoms with Crippen molar-refractivity contribution in [3.05, 3.63) is 30.2 Å². The number of aromatic nitrogens is 2. The summed E-state index contributed by atoms with van der Waals surface area (Å²) in [5.41, 5.74) is 1.02. The Bertz CT molecular complexity index is 380. The second-order valence-corrected chi connectivity index (χ2v) is 4.34. The summed E-state index contributed by atoms with van der Waals surface area (Å²) in [7, 11) is 0. The van der Waals surface area contributed by atoms with Crippen LogP contribution in [0.2, 0.25) is 0 Å². The average molecular weight is 207 g/mol. The van der Waals surface area contributed by atoms with Crippen molar-refractivity contribution in [2.75, 3.05) is 11.4 Å². The average Bonchev–Trinajstić information content (AvgIpc) is 2.60. The van der Waals surface area contributed by atoms with Crippen molar-refractivity contribution in [2.24, 2.45) is 0 Å². The van der Waals surface area contributed by atoms with Gasteiger partial charge in [0.05, 0.1) is 17.1 Å². The van der Waals surface area contributed by atoms with Crippen molar-refractivity contribution in [1.82, 2.24) is 9.97 Å². The van der Waals surface area contributed by atoms with Crippen LogP contribution in [-0.4, -0.2) is 16.5 Å². The van der Waals surface area contributed by atoms with Gasteiger partial charge in [-0.2, -0.15) is 0 Å². The smallest absolute Gasteiger partial charge is 0.160 e. The van der Waals surface area contributed by atoms with Crippen LogP contribution >= 0.6 is 11.8 Å². The Morgan fingerprint density at radius 3 is 3.07 bits per heavy atom. The normalized spacial score (nSPS) is 15.9. The van der Waals surface area contributed by atoms with Crippen molar-refractivity contribution < 1.29 is 0 Å². The van der Waals surface area contributed by atoms with Gasteiger partial charge in [0.25, 0.3) is 0 Å². The van der Waals surface area contributed by atoms with Crippen LogP contribution in [0.3, 0.4) is 0 Å². The number of thioether (sulfide) groups is 1. The van der Waals surface area contributed by atoms with Crippen molar-refractivity contribution in [2.45, 2.75) is 13.3 Å². The standard InChI is InChI=1S/C10H13N3S/c1-4-5-13-8(3)14-7(2)9-10(13)12-6-11-9/h6H,2-5H2,1H3,(H,11,12). The fourth-order valence-corrected chi connectivity index (χ4v) is 2.34. The molecule has 2 rings (SSSR count). The Hall–Kier alpha value is -1.16. The number of rotatable bonds is 2. The first-order chi connectivity index (χ1) is 6.74. The number of hydrogen-bond donors (Lipinski definition) is 1. The molecule has 0 saturated heterocycles. The van der Waals surface area contributed by atoms with Crippen LogP contribution in [0.15, 0.2) is 24.5 Å². The van der Waals surface area contributed by atoms with E-state index in [1.165, 1.54) is 0 Å². The van der Waals surface area contributed by atoms with E-state index in [4.69, 9.17) is 0 Å². The van der Waals surface area contributed by atoms with Gasteiger partial charge < -0.3 is 9.88 Å². The molecule has 1 aliphatic rings. The van der Waals surface area contributed by atoms with Crippen LogP contribution in [0.1, 0.15) is 19.0 Å². The molecule has 0 aromatic carbocycles. The molecule has 0 fully saturated rings. The quantitative estimate of drug-likeness (QED) is 0.809. The molecule has 0 aliphatic carbocycles. The monoisotopic (exact) mass is 207 g/mol. The van der Waals surface area contributed by atoms with Gasteiger partial charge in [0.2, 0.25) is 0 Å². The van der Waals surface area contributed by atoms with E-state index in [2.05, 4.69) is 34.9 Å². The number of H-pyrrole nitrogens is 1. The minimum atomic E-state index is 0.955. The third-order valence-electron chi connectivity index (χ3n) is 2.14. The van der Waals surface area contributed by atoms with E-state index < -0.39 is 0 Å². The lowest BCUT2D eigenvalue weighted by Gasteiger charge is -2.29. The maximum Gasteiger partial charge on any atom is 0.160 e. The van der Waals surface area contributed by atoms with Crippen molar-refractivity contribution >= 4 is 22.5 Å². The van der Waals surface area contributed by atoms with Gasteiger partial charge in [0, 0.05) is 11.4 Å². The lowest BCUT2D eigenvalue weighted by molar-refractivity contribution is 0.861. The third kappa shape index (κ3) is 1.35. The second-order valence-electron chi connectivity index (χ2n) is 3.17. The number of anilines is 1. The zero-order valence-corrected chi connectivity index (χ0v) is 9.02. The first kappa shape index (κ1) is 9.40. The number of nitrogens with zero attached hydrogens (tertiary/aromatic N) is 2. The van der Waals surface area contributed by atoms with Crippen LogP contribution in [0.4, 0.5) is 5.82 Å². The molecule has 1 N–H and O–H groups in total. The molecular weight excluding hydrogens is 194 g/mol. The zero-order chi connectivity index (χ0) is 10.1. The molecule has 0 bridgehead atoms. The fraction of sp³-hybridized carbons (Fsp3) is 0.300. The molecule has 1 aromatic heterocycles. The predicted octanol–water partition coefficient (Wildman–Crippen LogP) is 2.81. The molecule has 1 aliphatic heterocycles. The second kappa shape index (κ2) is 3.53. The minimum absolute atomic E-state index is 0.955. The molecule has 0 amide bonds. The molecule has 0 unspecified atom stereocenters. The molecule has 1 aromatic rings. The van der Waals surface area contributed by atoms with E-state index >= 15 is 0 Å². The van der Waals surface area contributed by atoms with E-state index in [0.717, 1.165) is 34.4 Å². The number of aromatic amines is 1. The van der Waals surface area contributed by atoms with Gasteiger partial charge in [0.15, 0.2) is 5.82 Å². The number of imidazole rings is 1. The van der Waals surface area contributed by atoms with Gasteiger partial charge in [-0.1, -0.05) is 31.8 Å². The molecule has 14 heavy (non-hydrogen) atoms. The summed E-state index contributed by atoms with van der Waals surface area (Å²) in [6, 6.07) is 0. The topological polar surface area (TPSA) is 31.9 Å². The van der Waals surface area contributed by atoms with E-state index in [9.17, 15) is 0 Å². The van der Waals surface area contributed by atoms with Gasteiger partial charge >= 0.3 is 0 Å². The third-order valence-corrected chi connectivity index (χ3v) is 3.05. The highest BCUT2D eigenvalue weighted by molar-refractivity contribution is 8.11. The summed E-state index contributed by atoms with van der Waals surface area (Å²) in [5, 5.41) is 1.01. The van der Waals surface area contributed by atoms with Crippen molar-refractivity contribution in [1.29, 1.82) is 0 Å². The van der Waals surface area contributed by atoms with E-state index in [1.54, 1.807) is 18.1 Å². The Balaban J connectivity index is 2.41. The zero-order valence-electron chi connectivity index (χ0n) is 8.21. The predicted molar refractivity (Wildman–Crippen MR) is 62.0 cm³/mol. The van der Waals surface area contributed by atoms with Gasteiger partial charge in [-0.3, -0.25) is 0 Å². The van der Waals surface area contributed by atoms with Crippen LogP contribution < -0.4 is 4.90 Å². The summed E-state index contributed by atoms with van der Waals surface area (Å²) >= 11 is 1.60. The summed E-state index contributed by atoms with van der Waals surface area (Å²) in [6.07, 6.45) is 2.79. The van der Waals surface area contributed by atoms with Gasteiger partial charge in [-0.05, 0) is 6.42 Å². The maximum absolute atomic E-state index is 4.29. The fourth-order valence-electron chi connectivity index (χ4n) is 1.52. The summed E-state index contributed by atoms with van der Waals surface area (Å²) in [6.45, 7) is 11.1. The maximum atomic E-state index is 4.29. The molecule has 74 valence electrons. The van der Waals surface area contributed by atoms with Crippen LogP contribution in [0.5, 0.6) is 0 Å².